The molecule has 0 fully saturated rings. The number of aryl methyl sites for hydroxylation is 3. The van der Waals surface area contributed by atoms with Gasteiger partial charge in [0.05, 0.1) is 5.69 Å². The number of hydrogen-bond acceptors (Lipinski definition) is 4. The van der Waals surface area contributed by atoms with Crippen LogP contribution >= 0.6 is 11.3 Å². The highest BCUT2D eigenvalue weighted by Crippen LogP contribution is 2.28. The van der Waals surface area contributed by atoms with Crippen LogP contribution in [0.3, 0.4) is 0 Å². The molecule has 4 nitrogen and oxygen atoms in total. The highest BCUT2D eigenvalue weighted by Gasteiger charge is 2.16. The van der Waals surface area contributed by atoms with Gasteiger partial charge in [-0.15, -0.1) is 11.3 Å². The Morgan fingerprint density at radius 3 is 2.80 bits per heavy atom. The summed E-state index contributed by atoms with van der Waals surface area (Å²) in [5.74, 6) is 0.249. The zero-order chi connectivity index (χ0) is 14.3. The smallest absolute Gasteiger partial charge is 0.353 e. The molecule has 0 N–H and O–H groups in total. The third kappa shape index (κ3) is 2.20. The van der Waals surface area contributed by atoms with Gasteiger partial charge in [0.15, 0.2) is 0 Å². The fourth-order valence-corrected chi connectivity index (χ4v) is 3.14. The standard InChI is InChI=1S/C15H14N2O2S/c1-9-5-4-6-11(7-9)19-15(18)13-8-12-10(2)16-17(3)14(12)20-13/h4-8H,1-3H3. The second-order valence-corrected chi connectivity index (χ2v) is 5.78. The maximum absolute atomic E-state index is 12.2. The topological polar surface area (TPSA) is 44.1 Å². The van der Waals surface area contributed by atoms with Crippen LogP contribution in [0, 0.1) is 13.8 Å². The van der Waals surface area contributed by atoms with Crippen molar-refractivity contribution in [2.24, 2.45) is 7.05 Å². The number of thiophene rings is 1. The van der Waals surface area contributed by atoms with Gasteiger partial charge in [0.25, 0.3) is 0 Å². The first-order valence-electron chi connectivity index (χ1n) is 6.26. The van der Waals surface area contributed by atoms with Crippen LogP contribution in [-0.4, -0.2) is 15.7 Å². The van der Waals surface area contributed by atoms with E-state index in [-0.39, 0.29) is 5.97 Å². The van der Waals surface area contributed by atoms with E-state index in [9.17, 15) is 4.79 Å². The molecule has 0 amide bonds. The van der Waals surface area contributed by atoms with Crippen LogP contribution in [0.2, 0.25) is 0 Å². The summed E-state index contributed by atoms with van der Waals surface area (Å²) in [5.41, 5.74) is 1.99. The highest BCUT2D eigenvalue weighted by atomic mass is 32.1. The molecule has 1 aromatic carbocycles. The van der Waals surface area contributed by atoms with Crippen LogP contribution in [0.5, 0.6) is 5.75 Å². The van der Waals surface area contributed by atoms with Crippen molar-refractivity contribution in [3.05, 3.63) is 46.5 Å². The van der Waals surface area contributed by atoms with Crippen LogP contribution in [0.25, 0.3) is 10.2 Å². The Balaban J connectivity index is 1.91. The monoisotopic (exact) mass is 286 g/mol. The first-order chi connectivity index (χ1) is 9.54. The molecular weight excluding hydrogens is 272 g/mol. The van der Waals surface area contributed by atoms with Gasteiger partial charge < -0.3 is 4.74 Å². The fraction of sp³-hybridized carbons (Fsp3) is 0.200. The maximum Gasteiger partial charge on any atom is 0.353 e. The quantitative estimate of drug-likeness (QED) is 0.535. The van der Waals surface area contributed by atoms with Crippen molar-refractivity contribution in [2.45, 2.75) is 13.8 Å². The van der Waals surface area contributed by atoms with Crippen molar-refractivity contribution in [1.82, 2.24) is 9.78 Å². The van der Waals surface area contributed by atoms with E-state index in [1.165, 1.54) is 11.3 Å². The Kier molecular flexibility index (Phi) is 3.06. The number of fused-ring (bicyclic) bond motifs is 1. The number of rotatable bonds is 2. The summed E-state index contributed by atoms with van der Waals surface area (Å²) in [7, 11) is 1.88. The molecule has 0 saturated carbocycles. The summed E-state index contributed by atoms with van der Waals surface area (Å²) < 4.78 is 7.19. The molecule has 0 spiro atoms. The van der Waals surface area contributed by atoms with Gasteiger partial charge in [-0.1, -0.05) is 12.1 Å². The van der Waals surface area contributed by atoms with Gasteiger partial charge in [-0.2, -0.15) is 5.10 Å². The molecule has 0 saturated heterocycles. The van der Waals surface area contributed by atoms with Crippen LogP contribution in [0.15, 0.2) is 30.3 Å². The third-order valence-electron chi connectivity index (χ3n) is 3.10. The summed E-state index contributed by atoms with van der Waals surface area (Å²) in [4.78, 5) is 13.8. The van der Waals surface area contributed by atoms with Gasteiger partial charge in [-0.25, -0.2) is 4.79 Å². The Morgan fingerprint density at radius 2 is 2.10 bits per heavy atom. The molecule has 0 atom stereocenters. The van der Waals surface area contributed by atoms with E-state index in [0.717, 1.165) is 21.5 Å². The molecule has 20 heavy (non-hydrogen) atoms. The molecule has 3 rings (SSSR count). The molecular formula is C15H14N2O2S. The molecule has 0 unspecified atom stereocenters. The van der Waals surface area contributed by atoms with Gasteiger partial charge in [0.2, 0.25) is 0 Å². The molecule has 0 aliphatic rings. The molecule has 0 radical (unpaired) electrons. The maximum atomic E-state index is 12.2. The predicted octanol–water partition coefficient (Wildman–Crippen LogP) is 3.47. The Hall–Kier alpha value is -2.14. The Bertz CT molecular complexity index is 767. The number of benzene rings is 1. The van der Waals surface area contributed by atoms with E-state index in [0.29, 0.717) is 10.6 Å². The van der Waals surface area contributed by atoms with E-state index in [4.69, 9.17) is 4.74 Å². The predicted molar refractivity (Wildman–Crippen MR) is 79.5 cm³/mol. The molecule has 102 valence electrons. The lowest BCUT2D eigenvalue weighted by atomic mass is 10.2. The van der Waals surface area contributed by atoms with Gasteiger partial charge in [0.1, 0.15) is 15.5 Å². The number of carbonyl (C=O) groups excluding carboxylic acids is 1. The van der Waals surface area contributed by atoms with Crippen molar-refractivity contribution >= 4 is 27.5 Å². The van der Waals surface area contributed by atoms with Crippen molar-refractivity contribution in [3.8, 4) is 5.75 Å². The summed E-state index contributed by atoms with van der Waals surface area (Å²) in [6.45, 7) is 3.90. The molecule has 5 heteroatoms. The summed E-state index contributed by atoms with van der Waals surface area (Å²) in [6, 6.07) is 9.31. The van der Waals surface area contributed by atoms with Crippen molar-refractivity contribution in [3.63, 3.8) is 0 Å². The molecule has 3 aromatic rings. The minimum absolute atomic E-state index is 0.323. The van der Waals surface area contributed by atoms with Gasteiger partial charge >= 0.3 is 5.97 Å². The van der Waals surface area contributed by atoms with Crippen molar-refractivity contribution in [2.75, 3.05) is 0 Å². The lowest BCUT2D eigenvalue weighted by Crippen LogP contribution is -2.06. The fourth-order valence-electron chi connectivity index (χ4n) is 2.14. The van der Waals surface area contributed by atoms with Crippen LogP contribution in [0.4, 0.5) is 0 Å². The minimum Gasteiger partial charge on any atom is -0.422 e. The second kappa shape index (κ2) is 4.76. The summed E-state index contributed by atoms with van der Waals surface area (Å²) in [5, 5.41) is 5.33. The highest BCUT2D eigenvalue weighted by molar-refractivity contribution is 7.20. The second-order valence-electron chi connectivity index (χ2n) is 4.74. The molecule has 2 heterocycles. The van der Waals surface area contributed by atoms with Crippen LogP contribution < -0.4 is 4.74 Å². The first kappa shape index (κ1) is 12.9. The van der Waals surface area contributed by atoms with E-state index >= 15 is 0 Å². The zero-order valence-electron chi connectivity index (χ0n) is 11.5. The molecule has 2 aromatic heterocycles. The van der Waals surface area contributed by atoms with E-state index in [2.05, 4.69) is 5.10 Å². The SMILES string of the molecule is Cc1cccc(OC(=O)c2cc3c(C)nn(C)c3s2)c1. The van der Waals surface area contributed by atoms with E-state index < -0.39 is 0 Å². The number of aromatic nitrogens is 2. The largest absolute Gasteiger partial charge is 0.422 e. The number of carbonyl (C=O) groups is 1. The van der Waals surface area contributed by atoms with E-state index in [1.807, 2.05) is 45.2 Å². The zero-order valence-corrected chi connectivity index (χ0v) is 12.3. The lowest BCUT2D eigenvalue weighted by Gasteiger charge is -2.03. The number of hydrogen-bond donors (Lipinski definition) is 0. The average molecular weight is 286 g/mol. The summed E-state index contributed by atoms with van der Waals surface area (Å²) >= 11 is 1.40. The minimum atomic E-state index is -0.323. The van der Waals surface area contributed by atoms with Gasteiger partial charge in [0, 0.05) is 12.4 Å². The normalized spacial score (nSPS) is 10.9. The Labute approximate surface area is 120 Å². The van der Waals surface area contributed by atoms with Crippen molar-refractivity contribution < 1.29 is 9.53 Å². The molecule has 0 aliphatic carbocycles. The molecule has 0 aliphatic heterocycles. The lowest BCUT2D eigenvalue weighted by molar-refractivity contribution is 0.0740. The first-order valence-corrected chi connectivity index (χ1v) is 7.08. The third-order valence-corrected chi connectivity index (χ3v) is 4.28. The van der Waals surface area contributed by atoms with Crippen LogP contribution in [-0.2, 0) is 7.05 Å². The molecule has 0 bridgehead atoms. The number of nitrogens with zero attached hydrogens (tertiary/aromatic N) is 2. The summed E-state index contributed by atoms with van der Waals surface area (Å²) in [6.07, 6.45) is 0. The average Bonchev–Trinajstić information content (AvgIpc) is 2.92. The van der Waals surface area contributed by atoms with Crippen LogP contribution in [0.1, 0.15) is 20.9 Å². The Morgan fingerprint density at radius 1 is 1.30 bits per heavy atom. The van der Waals surface area contributed by atoms with E-state index in [1.54, 1.807) is 10.7 Å². The van der Waals surface area contributed by atoms with Crippen molar-refractivity contribution in [1.29, 1.82) is 0 Å². The van der Waals surface area contributed by atoms with Gasteiger partial charge in [-0.05, 0) is 37.6 Å². The number of ether oxygens (including phenoxy) is 1. The van der Waals surface area contributed by atoms with Gasteiger partial charge in [-0.3, -0.25) is 4.68 Å². The number of esters is 1.